The normalized spacial score (nSPS) is 10.9. The molecule has 2 aromatic rings. The fraction of sp³-hybridized carbons (Fsp3) is 0.0833. The molecule has 18 heavy (non-hydrogen) atoms. The van der Waals surface area contributed by atoms with Crippen LogP contribution in [0.5, 0.6) is 5.75 Å². The molecule has 0 atom stereocenters. The van der Waals surface area contributed by atoms with E-state index >= 15 is 0 Å². The zero-order chi connectivity index (χ0) is 13.1. The van der Waals surface area contributed by atoms with Crippen molar-refractivity contribution in [3.8, 4) is 5.75 Å². The highest BCUT2D eigenvalue weighted by atomic mass is 16.5. The fourth-order valence-electron chi connectivity index (χ4n) is 1.50. The van der Waals surface area contributed by atoms with Crippen LogP contribution in [0, 0.1) is 0 Å². The van der Waals surface area contributed by atoms with Gasteiger partial charge in [0.2, 0.25) is 5.43 Å². The van der Waals surface area contributed by atoms with E-state index in [1.54, 1.807) is 0 Å². The van der Waals surface area contributed by atoms with Crippen LogP contribution in [0.25, 0.3) is 11.0 Å². The second-order valence-electron chi connectivity index (χ2n) is 3.52. The van der Waals surface area contributed by atoms with Crippen molar-refractivity contribution in [2.75, 3.05) is 0 Å². The molecule has 1 aromatic carbocycles. The maximum atomic E-state index is 11.9. The number of hydrogen-bond acceptors (Lipinski definition) is 6. The third-order valence-electron chi connectivity index (χ3n) is 2.23. The average Bonchev–Trinajstić information content (AvgIpc) is 2.32. The average molecular weight is 247 g/mol. The number of nitrogens with zero attached hydrogens (tertiary/aromatic N) is 1. The third-order valence-corrected chi connectivity index (χ3v) is 2.23. The first-order valence-corrected chi connectivity index (χ1v) is 5.03. The van der Waals surface area contributed by atoms with Crippen LogP contribution in [-0.4, -0.2) is 17.4 Å². The van der Waals surface area contributed by atoms with Gasteiger partial charge in [0.15, 0.2) is 0 Å². The second-order valence-corrected chi connectivity index (χ2v) is 3.52. The molecule has 0 radical (unpaired) electrons. The molecule has 0 fully saturated rings. The maximum absolute atomic E-state index is 11.9. The van der Waals surface area contributed by atoms with Gasteiger partial charge in [0.25, 0.3) is 0 Å². The summed E-state index contributed by atoms with van der Waals surface area (Å²) in [6.07, 6.45) is 2.16. The highest BCUT2D eigenvalue weighted by molar-refractivity contribution is 5.86. The predicted octanol–water partition coefficient (Wildman–Crippen LogP) is 1.53. The van der Waals surface area contributed by atoms with Gasteiger partial charge in [-0.15, -0.1) is 0 Å². The van der Waals surface area contributed by atoms with Gasteiger partial charge in [-0.2, -0.15) is 0 Å². The molecule has 1 N–H and O–H groups in total. The van der Waals surface area contributed by atoms with E-state index in [1.165, 1.54) is 31.4 Å². The van der Waals surface area contributed by atoms with E-state index in [9.17, 15) is 9.59 Å². The van der Waals surface area contributed by atoms with Gasteiger partial charge < -0.3 is 14.4 Å². The summed E-state index contributed by atoms with van der Waals surface area (Å²) in [6, 6.07) is 4.41. The van der Waals surface area contributed by atoms with Gasteiger partial charge in [-0.1, -0.05) is 5.16 Å². The Morgan fingerprint density at radius 1 is 1.50 bits per heavy atom. The monoisotopic (exact) mass is 247 g/mol. The number of oxime groups is 1. The van der Waals surface area contributed by atoms with Crippen molar-refractivity contribution in [2.45, 2.75) is 6.92 Å². The number of ether oxygens (including phenoxy) is 1. The van der Waals surface area contributed by atoms with E-state index < -0.39 is 5.97 Å². The summed E-state index contributed by atoms with van der Waals surface area (Å²) in [6.45, 7) is 1.28. The van der Waals surface area contributed by atoms with Crippen molar-refractivity contribution in [2.24, 2.45) is 5.16 Å². The van der Waals surface area contributed by atoms with E-state index in [4.69, 9.17) is 14.4 Å². The van der Waals surface area contributed by atoms with Gasteiger partial charge in [0, 0.05) is 13.0 Å². The summed E-state index contributed by atoms with van der Waals surface area (Å²) in [4.78, 5) is 22.7. The van der Waals surface area contributed by atoms with Crippen LogP contribution in [0.2, 0.25) is 0 Å². The molecule has 1 heterocycles. The molecule has 6 heteroatoms. The van der Waals surface area contributed by atoms with Crippen molar-refractivity contribution in [3.05, 3.63) is 40.2 Å². The molecule has 0 aliphatic carbocycles. The van der Waals surface area contributed by atoms with Gasteiger partial charge >= 0.3 is 5.97 Å². The van der Waals surface area contributed by atoms with Crippen LogP contribution in [0.1, 0.15) is 12.5 Å². The highest BCUT2D eigenvalue weighted by Gasteiger charge is 2.07. The number of fused-ring (bicyclic) bond motifs is 1. The summed E-state index contributed by atoms with van der Waals surface area (Å²) in [5.41, 5.74) is 0.0856. The number of rotatable bonds is 2. The Kier molecular flexibility index (Phi) is 3.09. The zero-order valence-corrected chi connectivity index (χ0v) is 9.41. The van der Waals surface area contributed by atoms with Gasteiger partial charge in [-0.25, -0.2) is 0 Å². The van der Waals surface area contributed by atoms with Crippen LogP contribution in [0.4, 0.5) is 0 Å². The minimum absolute atomic E-state index is 0.130. The van der Waals surface area contributed by atoms with Gasteiger partial charge in [-0.05, 0) is 12.1 Å². The summed E-state index contributed by atoms with van der Waals surface area (Å²) >= 11 is 0. The van der Waals surface area contributed by atoms with Crippen LogP contribution >= 0.6 is 0 Å². The molecule has 6 nitrogen and oxygen atoms in total. The Morgan fingerprint density at radius 3 is 2.94 bits per heavy atom. The molecular weight excluding hydrogens is 238 g/mol. The first-order chi connectivity index (χ1) is 8.61. The number of benzene rings is 1. The molecular formula is C12H9NO5. The fourth-order valence-corrected chi connectivity index (χ4v) is 1.50. The summed E-state index contributed by atoms with van der Waals surface area (Å²) in [7, 11) is 0. The quantitative estimate of drug-likeness (QED) is 0.286. The van der Waals surface area contributed by atoms with Crippen molar-refractivity contribution in [1.29, 1.82) is 0 Å². The number of esters is 1. The lowest BCUT2D eigenvalue weighted by molar-refractivity contribution is -0.131. The number of carbonyl (C=O) groups excluding carboxylic acids is 1. The van der Waals surface area contributed by atoms with E-state index in [-0.39, 0.29) is 16.6 Å². The van der Waals surface area contributed by atoms with E-state index in [0.717, 1.165) is 6.21 Å². The molecule has 0 amide bonds. The number of hydrogen-bond donors (Lipinski definition) is 1. The highest BCUT2D eigenvalue weighted by Crippen LogP contribution is 2.19. The van der Waals surface area contributed by atoms with Crippen LogP contribution in [0.15, 0.2) is 38.8 Å². The minimum Gasteiger partial charge on any atom is -0.463 e. The second kappa shape index (κ2) is 4.70. The topological polar surface area (TPSA) is 89.1 Å². The van der Waals surface area contributed by atoms with Gasteiger partial charge in [0.1, 0.15) is 17.6 Å². The SMILES string of the molecule is CC(=O)Oc1ccc2c(=O)c(C=NO)coc2c1. The zero-order valence-electron chi connectivity index (χ0n) is 9.41. The van der Waals surface area contributed by atoms with Crippen LogP contribution in [-0.2, 0) is 4.79 Å². The lowest BCUT2D eigenvalue weighted by Crippen LogP contribution is -2.08. The minimum atomic E-state index is -0.458. The molecule has 2 rings (SSSR count). The smallest absolute Gasteiger partial charge is 0.308 e. The van der Waals surface area contributed by atoms with E-state index in [2.05, 4.69) is 5.16 Å². The van der Waals surface area contributed by atoms with Gasteiger partial charge in [0.05, 0.1) is 17.2 Å². The summed E-state index contributed by atoms with van der Waals surface area (Å²) in [5.74, 6) is -0.164. The number of carbonyl (C=O) groups is 1. The third kappa shape index (κ3) is 2.22. The molecule has 0 unspecified atom stereocenters. The Bertz CT molecular complexity index is 686. The largest absolute Gasteiger partial charge is 0.463 e. The molecule has 0 spiro atoms. The molecule has 1 aromatic heterocycles. The lowest BCUT2D eigenvalue weighted by Gasteiger charge is -2.02. The maximum Gasteiger partial charge on any atom is 0.308 e. The Labute approximate surface area is 101 Å². The Hall–Kier alpha value is -2.63. The molecule has 0 saturated heterocycles. The lowest BCUT2D eigenvalue weighted by atomic mass is 10.2. The first-order valence-electron chi connectivity index (χ1n) is 5.03. The van der Waals surface area contributed by atoms with Crippen molar-refractivity contribution >= 4 is 23.2 Å². The first kappa shape index (κ1) is 11.8. The summed E-state index contributed by atoms with van der Waals surface area (Å²) in [5, 5.41) is 11.5. The Balaban J connectivity index is 2.57. The molecule has 0 bridgehead atoms. The standard InChI is InChI=1S/C12H9NO5/c1-7(14)18-9-2-3-10-11(4-9)17-6-8(5-13-16)12(10)15/h2-6,16H,1H3. The van der Waals surface area contributed by atoms with Gasteiger partial charge in [-0.3, -0.25) is 9.59 Å². The Morgan fingerprint density at radius 2 is 2.28 bits per heavy atom. The predicted molar refractivity (Wildman–Crippen MR) is 63.2 cm³/mol. The summed E-state index contributed by atoms with van der Waals surface area (Å²) < 4.78 is 10.1. The molecule has 0 aliphatic heterocycles. The van der Waals surface area contributed by atoms with Crippen molar-refractivity contribution in [3.63, 3.8) is 0 Å². The van der Waals surface area contributed by atoms with Crippen molar-refractivity contribution in [1.82, 2.24) is 0 Å². The van der Waals surface area contributed by atoms with E-state index in [0.29, 0.717) is 11.1 Å². The van der Waals surface area contributed by atoms with E-state index in [1.807, 2.05) is 0 Å². The van der Waals surface area contributed by atoms with Crippen LogP contribution in [0.3, 0.4) is 0 Å². The molecule has 92 valence electrons. The molecule has 0 aliphatic rings. The van der Waals surface area contributed by atoms with Crippen molar-refractivity contribution < 1.29 is 19.2 Å². The molecule has 0 saturated carbocycles. The van der Waals surface area contributed by atoms with Crippen LogP contribution < -0.4 is 10.2 Å².